The van der Waals surface area contributed by atoms with E-state index in [0.29, 0.717) is 8.47 Å². The number of carboxylic acid groups (broad SMARTS) is 1. The van der Waals surface area contributed by atoms with Gasteiger partial charge in [-0.25, -0.2) is 14.6 Å². The van der Waals surface area contributed by atoms with Gasteiger partial charge in [0.05, 0.1) is 3.57 Å². The molecule has 0 fully saturated rings. The first-order valence-corrected chi connectivity index (χ1v) is 6.17. The number of rotatable bonds is 1. The van der Waals surface area contributed by atoms with Crippen LogP contribution in [0.25, 0.3) is 0 Å². The number of anilines is 1. The zero-order valence-electron chi connectivity index (χ0n) is 10.2. The molecule has 1 N–H and O–H groups in total. The van der Waals surface area contributed by atoms with Gasteiger partial charge in [-0.2, -0.15) is 4.90 Å². The quantitative estimate of drug-likeness (QED) is 0.775. The van der Waals surface area contributed by atoms with Crippen molar-refractivity contribution in [3.8, 4) is 0 Å². The third-order valence-electron chi connectivity index (χ3n) is 1.72. The minimum Gasteiger partial charge on any atom is -0.464 e. The number of imide groups is 1. The highest BCUT2D eigenvalue weighted by Crippen LogP contribution is 2.21. The zero-order valence-corrected chi connectivity index (χ0v) is 12.3. The van der Waals surface area contributed by atoms with Crippen LogP contribution in [0.5, 0.6) is 0 Å². The molecule has 98 valence electrons. The maximum atomic E-state index is 11.8. The molecule has 0 unspecified atom stereocenters. The summed E-state index contributed by atoms with van der Waals surface area (Å²) in [6.07, 6.45) is -0.981. The first-order valence-electron chi connectivity index (χ1n) is 5.09. The number of ether oxygens (including phenoxy) is 1. The van der Waals surface area contributed by atoms with Crippen molar-refractivity contribution < 1.29 is 19.4 Å². The lowest BCUT2D eigenvalue weighted by molar-refractivity contribution is 0.0580. The fourth-order valence-electron chi connectivity index (χ4n) is 1.10. The second kappa shape index (κ2) is 5.51. The molecule has 7 heteroatoms. The van der Waals surface area contributed by atoms with Gasteiger partial charge in [-0.3, -0.25) is 0 Å². The molecule has 1 heterocycles. The topological polar surface area (TPSA) is 79.7 Å². The van der Waals surface area contributed by atoms with Crippen molar-refractivity contribution in [2.24, 2.45) is 0 Å². The number of aromatic nitrogens is 1. The van der Waals surface area contributed by atoms with Gasteiger partial charge >= 0.3 is 12.2 Å². The summed E-state index contributed by atoms with van der Waals surface area (Å²) >= 11 is 1.90. The van der Waals surface area contributed by atoms with Crippen LogP contribution >= 0.6 is 22.6 Å². The summed E-state index contributed by atoms with van der Waals surface area (Å²) in [6, 6.07) is 3.31. The van der Waals surface area contributed by atoms with Crippen molar-refractivity contribution in [1.29, 1.82) is 0 Å². The van der Waals surface area contributed by atoms with Crippen molar-refractivity contribution in [1.82, 2.24) is 4.98 Å². The maximum Gasteiger partial charge on any atom is 0.425 e. The first kappa shape index (κ1) is 14.7. The molecule has 0 atom stereocenters. The Morgan fingerprint density at radius 1 is 1.44 bits per heavy atom. The molecule has 0 bridgehead atoms. The molecule has 0 aliphatic carbocycles. The van der Waals surface area contributed by atoms with E-state index in [1.54, 1.807) is 32.9 Å². The molecule has 0 aliphatic heterocycles. The summed E-state index contributed by atoms with van der Waals surface area (Å²) < 4.78 is 5.58. The van der Waals surface area contributed by atoms with E-state index in [1.807, 2.05) is 22.6 Å². The largest absolute Gasteiger partial charge is 0.464 e. The molecule has 6 nitrogen and oxygen atoms in total. The van der Waals surface area contributed by atoms with Gasteiger partial charge in [0.1, 0.15) is 5.60 Å². The Morgan fingerprint density at radius 3 is 2.50 bits per heavy atom. The SMILES string of the molecule is CC(C)(C)OC(=O)N(C(=O)O)c1ncccc1I. The highest BCUT2D eigenvalue weighted by atomic mass is 127. The molecule has 0 radical (unpaired) electrons. The predicted octanol–water partition coefficient (Wildman–Crippen LogP) is 3.11. The number of hydrogen-bond donors (Lipinski definition) is 1. The van der Waals surface area contributed by atoms with Crippen LogP contribution in [-0.4, -0.2) is 27.9 Å². The summed E-state index contributed by atoms with van der Waals surface area (Å²) in [6.45, 7) is 4.98. The van der Waals surface area contributed by atoms with E-state index >= 15 is 0 Å². The van der Waals surface area contributed by atoms with Crippen LogP contribution in [0.1, 0.15) is 20.8 Å². The van der Waals surface area contributed by atoms with Crippen LogP contribution < -0.4 is 4.90 Å². The number of halogens is 1. The summed E-state index contributed by atoms with van der Waals surface area (Å²) in [4.78, 5) is 27.4. The van der Waals surface area contributed by atoms with Gasteiger partial charge < -0.3 is 9.84 Å². The van der Waals surface area contributed by atoms with E-state index in [4.69, 9.17) is 9.84 Å². The van der Waals surface area contributed by atoms with Crippen molar-refractivity contribution in [3.05, 3.63) is 21.9 Å². The lowest BCUT2D eigenvalue weighted by atomic mass is 10.2. The fraction of sp³-hybridized carbons (Fsp3) is 0.364. The lowest BCUT2D eigenvalue weighted by Crippen LogP contribution is -2.41. The minimum atomic E-state index is -1.43. The van der Waals surface area contributed by atoms with Gasteiger partial charge in [0.25, 0.3) is 0 Å². The summed E-state index contributed by atoms with van der Waals surface area (Å²) in [5.74, 6) is 0.0415. The van der Waals surface area contributed by atoms with E-state index in [-0.39, 0.29) is 5.82 Å². The Bertz CT molecular complexity index is 470. The molecular weight excluding hydrogens is 351 g/mol. The van der Waals surface area contributed by atoms with Crippen LogP contribution in [0.15, 0.2) is 18.3 Å². The lowest BCUT2D eigenvalue weighted by Gasteiger charge is -2.24. The third kappa shape index (κ3) is 3.83. The van der Waals surface area contributed by atoms with E-state index in [9.17, 15) is 9.59 Å². The van der Waals surface area contributed by atoms with Crippen LogP contribution in [-0.2, 0) is 4.74 Å². The first-order chi connectivity index (χ1) is 8.22. The van der Waals surface area contributed by atoms with Gasteiger partial charge in [0.15, 0.2) is 5.82 Å². The molecule has 0 aliphatic rings. The van der Waals surface area contributed by atoms with Crippen molar-refractivity contribution in [2.45, 2.75) is 26.4 Å². The zero-order chi connectivity index (χ0) is 13.9. The summed E-state index contributed by atoms with van der Waals surface area (Å²) in [5, 5.41) is 9.10. The molecule has 2 amide bonds. The number of hydrogen-bond acceptors (Lipinski definition) is 4. The standard InChI is InChI=1S/C11H13IN2O4/c1-11(2,3)18-10(17)14(9(15)16)8-7(12)5-4-6-13-8/h4-6H,1-3H3,(H,15,16). The second-order valence-corrected chi connectivity index (χ2v) is 5.57. The molecule has 0 spiro atoms. The Kier molecular flexibility index (Phi) is 4.49. The smallest absolute Gasteiger partial charge is 0.425 e. The average Bonchev–Trinajstić information content (AvgIpc) is 2.17. The van der Waals surface area contributed by atoms with Crippen LogP contribution in [0.2, 0.25) is 0 Å². The van der Waals surface area contributed by atoms with Gasteiger partial charge in [-0.05, 0) is 55.5 Å². The Hall–Kier alpha value is -1.38. The van der Waals surface area contributed by atoms with Crippen LogP contribution in [0.3, 0.4) is 0 Å². The summed E-state index contributed by atoms with van der Waals surface area (Å²) in [7, 11) is 0. The van der Waals surface area contributed by atoms with Crippen molar-refractivity contribution >= 4 is 40.6 Å². The van der Waals surface area contributed by atoms with E-state index in [2.05, 4.69) is 4.98 Å². The molecule has 18 heavy (non-hydrogen) atoms. The second-order valence-electron chi connectivity index (χ2n) is 4.41. The van der Waals surface area contributed by atoms with E-state index in [1.165, 1.54) is 6.20 Å². The average molecular weight is 364 g/mol. The predicted molar refractivity (Wildman–Crippen MR) is 73.7 cm³/mol. The monoisotopic (exact) mass is 364 g/mol. The molecule has 0 saturated carbocycles. The Balaban J connectivity index is 3.09. The maximum absolute atomic E-state index is 11.8. The van der Waals surface area contributed by atoms with E-state index < -0.39 is 17.8 Å². The van der Waals surface area contributed by atoms with Gasteiger partial charge in [-0.15, -0.1) is 0 Å². The summed E-state index contributed by atoms with van der Waals surface area (Å²) in [5.41, 5.74) is -0.773. The molecule has 1 aromatic rings. The number of amides is 2. The van der Waals surface area contributed by atoms with Crippen molar-refractivity contribution in [3.63, 3.8) is 0 Å². The molecule has 1 rings (SSSR count). The molecular formula is C11H13IN2O4. The normalized spacial score (nSPS) is 10.9. The van der Waals surface area contributed by atoms with Crippen LogP contribution in [0, 0.1) is 3.57 Å². The van der Waals surface area contributed by atoms with Crippen molar-refractivity contribution in [2.75, 3.05) is 4.90 Å². The van der Waals surface area contributed by atoms with Gasteiger partial charge in [0.2, 0.25) is 0 Å². The van der Waals surface area contributed by atoms with Gasteiger partial charge in [0, 0.05) is 6.20 Å². The van der Waals surface area contributed by atoms with E-state index in [0.717, 1.165) is 0 Å². The highest BCUT2D eigenvalue weighted by Gasteiger charge is 2.30. The fourth-order valence-corrected chi connectivity index (χ4v) is 1.69. The number of carbonyl (C=O) groups excluding carboxylic acids is 1. The number of carbonyl (C=O) groups is 2. The Labute approximate surface area is 118 Å². The third-order valence-corrected chi connectivity index (χ3v) is 2.56. The minimum absolute atomic E-state index is 0.0415. The number of pyridine rings is 1. The molecule has 1 aromatic heterocycles. The van der Waals surface area contributed by atoms with Crippen LogP contribution in [0.4, 0.5) is 15.4 Å². The molecule has 0 saturated heterocycles. The number of nitrogens with zero attached hydrogens (tertiary/aromatic N) is 2. The highest BCUT2D eigenvalue weighted by molar-refractivity contribution is 14.1. The Morgan fingerprint density at radius 2 is 2.06 bits per heavy atom. The molecule has 0 aromatic carbocycles. The van der Waals surface area contributed by atoms with Gasteiger partial charge in [-0.1, -0.05) is 0 Å².